The number of rotatable bonds is 6. The van der Waals surface area contributed by atoms with Crippen LogP contribution in [0.2, 0.25) is 0 Å². The average Bonchev–Trinajstić information content (AvgIpc) is 3.33. The number of aromatic nitrogens is 2. The standard InChI is InChI=1S/C28H32N6OS/c1-3-34(36)28(35)30-25-9-5-8-24(17-25)26-19-29-27-18-23(10-11-33(26)27)22-7-4-6-21(16-22)20-32-14-12-31(2)13-15-32/h4-11,16-19,36H,3,12-15,20H2,1-2H3,(H,30,35). The van der Waals surface area contributed by atoms with E-state index >= 15 is 0 Å². The van der Waals surface area contributed by atoms with Gasteiger partial charge in [-0.2, -0.15) is 0 Å². The highest BCUT2D eigenvalue weighted by atomic mass is 32.1. The third-order valence-electron chi connectivity index (χ3n) is 6.72. The monoisotopic (exact) mass is 500 g/mol. The SMILES string of the molecule is CCN(S)C(=O)Nc1cccc(-c2cnc3cc(-c4cccc(CN5CCN(C)CC5)c4)ccn23)c1. The summed E-state index contributed by atoms with van der Waals surface area (Å²) >= 11 is 4.17. The smallest absolute Gasteiger partial charge is 0.307 e. The number of carbonyl (C=O) groups is 1. The van der Waals surface area contributed by atoms with Crippen LogP contribution in [0.5, 0.6) is 0 Å². The number of anilines is 1. The Hall–Kier alpha value is -3.33. The van der Waals surface area contributed by atoms with Crippen molar-refractivity contribution in [2.45, 2.75) is 13.5 Å². The highest BCUT2D eigenvalue weighted by molar-refractivity contribution is 7.78. The van der Waals surface area contributed by atoms with Crippen LogP contribution in [0.25, 0.3) is 28.0 Å². The lowest BCUT2D eigenvalue weighted by Crippen LogP contribution is -2.43. The van der Waals surface area contributed by atoms with Gasteiger partial charge in [-0.1, -0.05) is 43.1 Å². The van der Waals surface area contributed by atoms with Crippen molar-refractivity contribution >= 4 is 30.2 Å². The van der Waals surface area contributed by atoms with E-state index in [0.29, 0.717) is 12.2 Å². The Morgan fingerprint density at radius 2 is 1.75 bits per heavy atom. The first-order chi connectivity index (χ1) is 17.5. The number of hydrogen-bond acceptors (Lipinski definition) is 5. The molecular formula is C28H32N6OS. The van der Waals surface area contributed by atoms with E-state index in [-0.39, 0.29) is 6.03 Å². The second-order valence-corrected chi connectivity index (χ2v) is 9.78. The zero-order valence-electron chi connectivity index (χ0n) is 20.8. The molecule has 0 bridgehead atoms. The first-order valence-electron chi connectivity index (χ1n) is 12.4. The van der Waals surface area contributed by atoms with Gasteiger partial charge in [-0.25, -0.2) is 9.78 Å². The van der Waals surface area contributed by atoms with Gasteiger partial charge in [0.05, 0.1) is 11.9 Å². The molecule has 2 amide bonds. The second-order valence-electron chi connectivity index (χ2n) is 9.29. The van der Waals surface area contributed by atoms with Crippen LogP contribution >= 0.6 is 12.8 Å². The van der Waals surface area contributed by atoms with Crippen molar-refractivity contribution in [2.24, 2.45) is 0 Å². The minimum atomic E-state index is -0.254. The molecule has 0 saturated carbocycles. The molecule has 186 valence electrons. The molecule has 1 aliphatic rings. The molecule has 4 aromatic rings. The third-order valence-corrected chi connectivity index (χ3v) is 7.18. The summed E-state index contributed by atoms with van der Waals surface area (Å²) in [6.45, 7) is 7.84. The van der Waals surface area contributed by atoms with Crippen molar-refractivity contribution in [2.75, 3.05) is 45.1 Å². The van der Waals surface area contributed by atoms with Crippen molar-refractivity contribution in [3.05, 3.63) is 78.6 Å². The maximum Gasteiger partial charge on any atom is 0.331 e. The minimum Gasteiger partial charge on any atom is -0.307 e. The molecule has 2 aromatic heterocycles. The Bertz CT molecular complexity index is 1360. The summed E-state index contributed by atoms with van der Waals surface area (Å²) < 4.78 is 3.41. The molecule has 0 radical (unpaired) electrons. The predicted octanol–water partition coefficient (Wildman–Crippen LogP) is 5.11. The first kappa shape index (κ1) is 24.4. The van der Waals surface area contributed by atoms with Crippen molar-refractivity contribution in [1.29, 1.82) is 0 Å². The maximum atomic E-state index is 12.2. The number of carbonyl (C=O) groups excluding carboxylic acids is 1. The summed E-state index contributed by atoms with van der Waals surface area (Å²) in [4.78, 5) is 21.8. The zero-order valence-corrected chi connectivity index (χ0v) is 21.7. The molecule has 0 atom stereocenters. The topological polar surface area (TPSA) is 56.1 Å². The number of nitrogens with zero attached hydrogens (tertiary/aromatic N) is 5. The molecule has 1 aliphatic heterocycles. The molecule has 5 rings (SSSR count). The van der Waals surface area contributed by atoms with E-state index in [1.807, 2.05) is 37.4 Å². The van der Waals surface area contributed by atoms with E-state index in [1.165, 1.54) is 15.4 Å². The van der Waals surface area contributed by atoms with Gasteiger partial charge in [0.15, 0.2) is 0 Å². The van der Waals surface area contributed by atoms with Crippen molar-refractivity contribution < 1.29 is 4.79 Å². The van der Waals surface area contributed by atoms with Crippen LogP contribution in [-0.2, 0) is 6.54 Å². The summed E-state index contributed by atoms with van der Waals surface area (Å²) in [5, 5.41) is 2.89. The average molecular weight is 501 g/mol. The third kappa shape index (κ3) is 5.41. The number of hydrogen-bond donors (Lipinski definition) is 2. The molecule has 0 unspecified atom stereocenters. The van der Waals surface area contributed by atoms with Crippen LogP contribution in [0.15, 0.2) is 73.1 Å². The van der Waals surface area contributed by atoms with Gasteiger partial charge in [-0.3, -0.25) is 13.6 Å². The summed E-state index contributed by atoms with van der Waals surface area (Å²) in [5.74, 6) is 0. The van der Waals surface area contributed by atoms with Gasteiger partial charge in [0, 0.05) is 56.7 Å². The number of piperazine rings is 1. The molecule has 1 N–H and O–H groups in total. The zero-order chi connectivity index (χ0) is 25.1. The van der Waals surface area contributed by atoms with Crippen molar-refractivity contribution in [3.8, 4) is 22.4 Å². The van der Waals surface area contributed by atoms with Gasteiger partial charge in [-0.05, 0) is 61.0 Å². The van der Waals surface area contributed by atoms with Gasteiger partial charge in [0.1, 0.15) is 5.65 Å². The van der Waals surface area contributed by atoms with Gasteiger partial charge >= 0.3 is 6.03 Å². The molecule has 1 saturated heterocycles. The van der Waals surface area contributed by atoms with E-state index in [0.717, 1.165) is 55.2 Å². The Balaban J connectivity index is 1.36. The summed E-state index contributed by atoms with van der Waals surface area (Å²) in [6.07, 6.45) is 3.94. The van der Waals surface area contributed by atoms with E-state index in [1.54, 1.807) is 0 Å². The quantitative estimate of drug-likeness (QED) is 0.361. The van der Waals surface area contributed by atoms with Crippen LogP contribution < -0.4 is 5.32 Å². The van der Waals surface area contributed by atoms with Crippen LogP contribution in [0.4, 0.5) is 10.5 Å². The number of imidazole rings is 1. The molecular weight excluding hydrogens is 468 g/mol. The van der Waals surface area contributed by atoms with Gasteiger partial charge < -0.3 is 10.2 Å². The lowest BCUT2D eigenvalue weighted by molar-refractivity contribution is 0.148. The molecule has 36 heavy (non-hydrogen) atoms. The summed E-state index contributed by atoms with van der Waals surface area (Å²) in [7, 11) is 2.19. The summed E-state index contributed by atoms with van der Waals surface area (Å²) in [6, 6.07) is 20.6. The summed E-state index contributed by atoms with van der Waals surface area (Å²) in [5.41, 5.74) is 7.23. The fourth-order valence-corrected chi connectivity index (χ4v) is 4.63. The normalized spacial score (nSPS) is 14.8. The number of urea groups is 1. The lowest BCUT2D eigenvalue weighted by atomic mass is 10.0. The number of thiol groups is 1. The van der Waals surface area contributed by atoms with E-state index < -0.39 is 0 Å². The molecule has 0 spiro atoms. The highest BCUT2D eigenvalue weighted by Crippen LogP contribution is 2.27. The number of likely N-dealkylation sites (N-methyl/N-ethyl adjacent to an activating group) is 1. The van der Waals surface area contributed by atoms with Gasteiger partial charge in [0.2, 0.25) is 0 Å². The maximum absolute atomic E-state index is 12.2. The molecule has 0 aliphatic carbocycles. The predicted molar refractivity (Wildman–Crippen MR) is 149 cm³/mol. The van der Waals surface area contributed by atoms with Gasteiger partial charge in [0.25, 0.3) is 0 Å². The van der Waals surface area contributed by atoms with E-state index in [2.05, 4.69) is 87.0 Å². The minimum absolute atomic E-state index is 0.254. The van der Waals surface area contributed by atoms with Crippen molar-refractivity contribution in [1.82, 2.24) is 23.5 Å². The largest absolute Gasteiger partial charge is 0.331 e. The number of fused-ring (bicyclic) bond motifs is 1. The van der Waals surface area contributed by atoms with Crippen molar-refractivity contribution in [3.63, 3.8) is 0 Å². The number of amides is 2. The Kier molecular flexibility index (Phi) is 7.27. The molecule has 1 fully saturated rings. The highest BCUT2D eigenvalue weighted by Gasteiger charge is 2.15. The molecule has 7 nitrogen and oxygen atoms in total. The second kappa shape index (κ2) is 10.7. The number of nitrogens with one attached hydrogen (secondary N) is 1. The van der Waals surface area contributed by atoms with Crippen LogP contribution in [0, 0.1) is 0 Å². The van der Waals surface area contributed by atoms with Crippen LogP contribution in [0.3, 0.4) is 0 Å². The Morgan fingerprint density at radius 1 is 1.00 bits per heavy atom. The lowest BCUT2D eigenvalue weighted by Gasteiger charge is -2.32. The van der Waals surface area contributed by atoms with Crippen LogP contribution in [-0.4, -0.2) is 69.3 Å². The molecule has 2 aromatic carbocycles. The molecule has 8 heteroatoms. The molecule has 3 heterocycles. The number of pyridine rings is 1. The van der Waals surface area contributed by atoms with E-state index in [4.69, 9.17) is 0 Å². The number of benzene rings is 2. The van der Waals surface area contributed by atoms with Crippen LogP contribution in [0.1, 0.15) is 12.5 Å². The fourth-order valence-electron chi connectivity index (χ4n) is 4.58. The first-order valence-corrected chi connectivity index (χ1v) is 12.8. The van der Waals surface area contributed by atoms with E-state index in [9.17, 15) is 4.79 Å². The fraction of sp³-hybridized carbons (Fsp3) is 0.286. The Labute approximate surface area is 217 Å². The van der Waals surface area contributed by atoms with Gasteiger partial charge in [-0.15, -0.1) is 0 Å². The Morgan fingerprint density at radius 3 is 2.56 bits per heavy atom.